The number of benzene rings is 1. The number of carbonyl (C=O) groups is 1. The molecule has 1 amide bonds. The number of anilines is 1. The Morgan fingerprint density at radius 2 is 2.14 bits per heavy atom. The van der Waals surface area contributed by atoms with Crippen molar-refractivity contribution in [3.05, 3.63) is 47.8 Å². The first-order valence-corrected chi connectivity index (χ1v) is 7.16. The number of methoxy groups -OCH3 is 1. The molecule has 0 spiro atoms. The number of nitrogens with one attached hydrogen (secondary N) is 1. The molecule has 0 radical (unpaired) electrons. The molecule has 1 N–H and O–H groups in total. The van der Waals surface area contributed by atoms with E-state index < -0.39 is 0 Å². The lowest BCUT2D eigenvalue weighted by atomic mass is 10.3. The van der Waals surface area contributed by atoms with E-state index in [1.165, 1.54) is 11.3 Å². The summed E-state index contributed by atoms with van der Waals surface area (Å²) in [4.78, 5) is 20.6. The molecule has 2 aromatic heterocycles. The van der Waals surface area contributed by atoms with E-state index in [-0.39, 0.29) is 5.91 Å². The molecule has 0 aliphatic carbocycles. The molecule has 0 saturated carbocycles. The lowest BCUT2D eigenvalue weighted by Crippen LogP contribution is -2.13. The second kappa shape index (κ2) is 5.49. The number of hydrogen-bond donors (Lipinski definition) is 1. The zero-order valence-electron chi connectivity index (χ0n) is 11.6. The van der Waals surface area contributed by atoms with Crippen molar-refractivity contribution in [2.45, 2.75) is 6.92 Å². The van der Waals surface area contributed by atoms with Crippen LogP contribution in [0.4, 0.5) is 5.13 Å². The highest BCUT2D eigenvalue weighted by atomic mass is 32.1. The van der Waals surface area contributed by atoms with Crippen molar-refractivity contribution in [1.29, 1.82) is 0 Å². The largest absolute Gasteiger partial charge is 0.497 e. The van der Waals surface area contributed by atoms with E-state index in [2.05, 4.69) is 15.3 Å². The summed E-state index contributed by atoms with van der Waals surface area (Å²) >= 11 is 1.40. The Hall–Kier alpha value is -2.47. The van der Waals surface area contributed by atoms with Crippen molar-refractivity contribution in [2.75, 3.05) is 12.4 Å². The summed E-state index contributed by atoms with van der Waals surface area (Å²) in [7, 11) is 1.62. The van der Waals surface area contributed by atoms with Gasteiger partial charge in [-0.1, -0.05) is 17.4 Å². The number of aryl methyl sites for hydroxylation is 1. The van der Waals surface area contributed by atoms with Crippen LogP contribution in [-0.2, 0) is 0 Å². The second-order valence-electron chi connectivity index (χ2n) is 4.53. The molecule has 3 rings (SSSR count). The first-order valence-electron chi connectivity index (χ1n) is 6.34. The summed E-state index contributed by atoms with van der Waals surface area (Å²) < 4.78 is 6.13. The molecule has 21 heavy (non-hydrogen) atoms. The molecular formula is C15H13N3O2S. The van der Waals surface area contributed by atoms with E-state index in [1.54, 1.807) is 19.4 Å². The lowest BCUT2D eigenvalue weighted by molar-refractivity contribution is 0.102. The lowest BCUT2D eigenvalue weighted by Gasteiger charge is -2.00. The van der Waals surface area contributed by atoms with E-state index in [0.29, 0.717) is 10.8 Å². The van der Waals surface area contributed by atoms with Crippen LogP contribution in [0.2, 0.25) is 0 Å². The third kappa shape index (κ3) is 2.85. The maximum absolute atomic E-state index is 12.1. The minimum absolute atomic E-state index is 0.263. The highest BCUT2D eigenvalue weighted by Crippen LogP contribution is 2.29. The van der Waals surface area contributed by atoms with Crippen molar-refractivity contribution >= 4 is 32.6 Å². The van der Waals surface area contributed by atoms with Gasteiger partial charge in [0.1, 0.15) is 11.4 Å². The molecule has 0 aliphatic heterocycles. The molecule has 5 nitrogen and oxygen atoms in total. The second-order valence-corrected chi connectivity index (χ2v) is 5.56. The van der Waals surface area contributed by atoms with E-state index in [9.17, 15) is 4.79 Å². The number of rotatable bonds is 3. The Bertz CT molecular complexity index is 796. The summed E-state index contributed by atoms with van der Waals surface area (Å²) in [5.41, 5.74) is 2.21. The van der Waals surface area contributed by atoms with Gasteiger partial charge in [0.2, 0.25) is 0 Å². The molecule has 0 saturated heterocycles. The Morgan fingerprint density at radius 1 is 1.29 bits per heavy atom. The van der Waals surface area contributed by atoms with E-state index >= 15 is 0 Å². The predicted molar refractivity (Wildman–Crippen MR) is 83.1 cm³/mol. The number of pyridine rings is 1. The van der Waals surface area contributed by atoms with Crippen molar-refractivity contribution in [3.8, 4) is 5.75 Å². The molecular weight excluding hydrogens is 286 g/mol. The van der Waals surface area contributed by atoms with Crippen LogP contribution in [0, 0.1) is 6.92 Å². The first kappa shape index (κ1) is 13.5. The average Bonchev–Trinajstić information content (AvgIpc) is 2.88. The Kier molecular flexibility index (Phi) is 3.53. The van der Waals surface area contributed by atoms with Crippen LogP contribution in [-0.4, -0.2) is 23.0 Å². The summed E-state index contributed by atoms with van der Waals surface area (Å²) in [5.74, 6) is 0.505. The van der Waals surface area contributed by atoms with E-state index in [4.69, 9.17) is 4.74 Å². The van der Waals surface area contributed by atoms with Gasteiger partial charge < -0.3 is 4.74 Å². The van der Waals surface area contributed by atoms with Crippen LogP contribution < -0.4 is 10.1 Å². The maximum atomic E-state index is 12.1. The molecule has 0 aliphatic rings. The van der Waals surface area contributed by atoms with Gasteiger partial charge in [-0.05, 0) is 36.8 Å². The fourth-order valence-corrected chi connectivity index (χ4v) is 2.74. The quantitative estimate of drug-likeness (QED) is 0.806. The molecule has 0 unspecified atom stereocenters. The van der Waals surface area contributed by atoms with Crippen molar-refractivity contribution in [3.63, 3.8) is 0 Å². The molecule has 6 heteroatoms. The van der Waals surface area contributed by atoms with Gasteiger partial charge in [-0.15, -0.1) is 0 Å². The minimum atomic E-state index is -0.263. The van der Waals surface area contributed by atoms with E-state index in [1.807, 2.05) is 31.2 Å². The maximum Gasteiger partial charge on any atom is 0.276 e. The predicted octanol–water partition coefficient (Wildman–Crippen LogP) is 3.26. The zero-order chi connectivity index (χ0) is 14.8. The van der Waals surface area contributed by atoms with Crippen LogP contribution in [0.25, 0.3) is 10.2 Å². The third-order valence-electron chi connectivity index (χ3n) is 2.96. The van der Waals surface area contributed by atoms with Crippen LogP contribution in [0.5, 0.6) is 5.75 Å². The smallest absolute Gasteiger partial charge is 0.276 e. The number of ether oxygens (including phenoxy) is 1. The Labute approximate surface area is 125 Å². The van der Waals surface area contributed by atoms with E-state index in [0.717, 1.165) is 21.5 Å². The molecule has 106 valence electrons. The number of carbonyl (C=O) groups excluding carboxylic acids is 1. The van der Waals surface area contributed by atoms with Crippen LogP contribution >= 0.6 is 11.3 Å². The number of amides is 1. The normalized spacial score (nSPS) is 10.6. The van der Waals surface area contributed by atoms with Crippen molar-refractivity contribution < 1.29 is 9.53 Å². The van der Waals surface area contributed by atoms with Gasteiger partial charge in [-0.2, -0.15) is 0 Å². The monoisotopic (exact) mass is 299 g/mol. The summed E-state index contributed by atoms with van der Waals surface area (Å²) in [6.45, 7) is 1.93. The third-order valence-corrected chi connectivity index (χ3v) is 3.89. The number of hydrogen-bond acceptors (Lipinski definition) is 5. The summed E-state index contributed by atoms with van der Waals surface area (Å²) in [5, 5.41) is 3.32. The fourth-order valence-electron chi connectivity index (χ4n) is 1.85. The van der Waals surface area contributed by atoms with Gasteiger partial charge in [0, 0.05) is 6.20 Å². The van der Waals surface area contributed by atoms with Crippen LogP contribution in [0.3, 0.4) is 0 Å². The number of aromatic nitrogens is 2. The molecule has 2 heterocycles. The standard InChI is InChI=1S/C15H13N3O2S/c1-9-3-5-12(16-8-9)14(19)18-15-17-11-6-4-10(20-2)7-13(11)21-15/h3-8H,1-2H3,(H,17,18,19). The van der Waals surface area contributed by atoms with Crippen LogP contribution in [0.15, 0.2) is 36.5 Å². The molecule has 0 fully saturated rings. The fraction of sp³-hybridized carbons (Fsp3) is 0.133. The molecule has 0 bridgehead atoms. The summed E-state index contributed by atoms with van der Waals surface area (Å²) in [6.07, 6.45) is 1.66. The van der Waals surface area contributed by atoms with Gasteiger partial charge in [0.05, 0.1) is 17.3 Å². The highest BCUT2D eigenvalue weighted by Gasteiger charge is 2.11. The molecule has 1 aromatic carbocycles. The average molecular weight is 299 g/mol. The number of nitrogens with zero attached hydrogens (tertiary/aromatic N) is 2. The van der Waals surface area contributed by atoms with Gasteiger partial charge >= 0.3 is 0 Å². The number of fused-ring (bicyclic) bond motifs is 1. The highest BCUT2D eigenvalue weighted by molar-refractivity contribution is 7.22. The van der Waals surface area contributed by atoms with Gasteiger partial charge in [0.15, 0.2) is 5.13 Å². The Morgan fingerprint density at radius 3 is 2.86 bits per heavy atom. The number of thiazole rings is 1. The minimum Gasteiger partial charge on any atom is -0.497 e. The summed E-state index contributed by atoms with van der Waals surface area (Å²) in [6, 6.07) is 9.15. The molecule has 0 atom stereocenters. The van der Waals surface area contributed by atoms with Crippen LogP contribution in [0.1, 0.15) is 16.1 Å². The Balaban J connectivity index is 1.84. The molecule has 3 aromatic rings. The van der Waals surface area contributed by atoms with Gasteiger partial charge in [-0.3, -0.25) is 15.1 Å². The first-order chi connectivity index (χ1) is 10.2. The SMILES string of the molecule is COc1ccc2nc(NC(=O)c3ccc(C)cn3)sc2c1. The van der Waals surface area contributed by atoms with Crippen molar-refractivity contribution in [1.82, 2.24) is 9.97 Å². The van der Waals surface area contributed by atoms with Gasteiger partial charge in [0.25, 0.3) is 5.91 Å². The zero-order valence-corrected chi connectivity index (χ0v) is 12.4. The van der Waals surface area contributed by atoms with Gasteiger partial charge in [-0.25, -0.2) is 4.98 Å². The van der Waals surface area contributed by atoms with Crippen molar-refractivity contribution in [2.24, 2.45) is 0 Å². The topological polar surface area (TPSA) is 64.1 Å².